The molecular weight excluding hydrogens is 223 g/mol. The second kappa shape index (κ2) is 3.43. The van der Waals surface area contributed by atoms with Crippen molar-refractivity contribution >= 4 is 17.4 Å². The summed E-state index contributed by atoms with van der Waals surface area (Å²) in [7, 11) is 0. The van der Waals surface area contributed by atoms with Gasteiger partial charge in [-0.1, -0.05) is 16.8 Å². The number of anilines is 1. The van der Waals surface area contributed by atoms with Gasteiger partial charge >= 0.3 is 0 Å². The van der Waals surface area contributed by atoms with E-state index in [4.69, 9.17) is 21.9 Å². The molecule has 3 N–H and O–H groups in total. The number of nitrogens with two attached hydrogens (primary N) is 1. The number of phenolic OH excluding ortho intramolecular Hbond substituents is 1. The number of benzene rings is 1. The van der Waals surface area contributed by atoms with Crippen LogP contribution in [0.25, 0.3) is 11.3 Å². The average Bonchev–Trinajstić information content (AvgIpc) is 2.59. The Morgan fingerprint density at radius 3 is 2.80 bits per heavy atom. The topological polar surface area (TPSA) is 72.3 Å². The van der Waals surface area contributed by atoms with Gasteiger partial charge < -0.3 is 15.4 Å². The Hall–Kier alpha value is -1.75. The smallest absolute Gasteiger partial charge is 0.174 e. The van der Waals surface area contributed by atoms with Crippen LogP contribution < -0.4 is 5.73 Å². The van der Waals surface area contributed by atoms with E-state index in [0.29, 0.717) is 0 Å². The molecule has 0 aliphatic rings. The second-order valence-electron chi connectivity index (χ2n) is 2.87. The molecule has 0 saturated carbocycles. The molecular formula is C9H6ClFN2O2. The zero-order chi connectivity index (χ0) is 11.0. The van der Waals surface area contributed by atoms with E-state index in [1.54, 1.807) is 0 Å². The molecule has 0 fully saturated rings. The largest absolute Gasteiger partial charge is 0.504 e. The zero-order valence-electron chi connectivity index (χ0n) is 7.37. The number of rotatable bonds is 1. The monoisotopic (exact) mass is 228 g/mol. The van der Waals surface area contributed by atoms with Gasteiger partial charge in [-0.3, -0.25) is 0 Å². The Morgan fingerprint density at radius 2 is 2.20 bits per heavy atom. The summed E-state index contributed by atoms with van der Waals surface area (Å²) in [6.07, 6.45) is 0. The van der Waals surface area contributed by atoms with Crippen LogP contribution in [0, 0.1) is 5.82 Å². The van der Waals surface area contributed by atoms with Crippen LogP contribution in [0.2, 0.25) is 5.02 Å². The van der Waals surface area contributed by atoms with Gasteiger partial charge in [0.25, 0.3) is 0 Å². The van der Waals surface area contributed by atoms with E-state index in [2.05, 4.69) is 5.16 Å². The summed E-state index contributed by atoms with van der Waals surface area (Å²) in [5.41, 5.74) is 5.37. The lowest BCUT2D eigenvalue weighted by molar-refractivity contribution is 0.417. The molecule has 1 heterocycles. The highest BCUT2D eigenvalue weighted by Gasteiger charge is 2.17. The third kappa shape index (κ3) is 1.61. The molecule has 0 bridgehead atoms. The van der Waals surface area contributed by atoms with Crippen LogP contribution in [0.15, 0.2) is 22.7 Å². The maximum atomic E-state index is 13.0. The Balaban J connectivity index is 2.66. The van der Waals surface area contributed by atoms with Gasteiger partial charge in [0, 0.05) is 6.07 Å². The van der Waals surface area contributed by atoms with Gasteiger partial charge in [0.2, 0.25) is 0 Å². The second-order valence-corrected chi connectivity index (χ2v) is 3.28. The van der Waals surface area contributed by atoms with Crippen LogP contribution in [0.4, 0.5) is 10.2 Å². The first kappa shape index (κ1) is 9.79. The number of hydrogen-bond acceptors (Lipinski definition) is 4. The molecule has 0 radical (unpaired) electrons. The van der Waals surface area contributed by atoms with E-state index >= 15 is 0 Å². The third-order valence-electron chi connectivity index (χ3n) is 1.85. The van der Waals surface area contributed by atoms with Gasteiger partial charge in [-0.2, -0.15) is 0 Å². The van der Waals surface area contributed by atoms with Crippen molar-refractivity contribution in [3.63, 3.8) is 0 Å². The van der Waals surface area contributed by atoms with E-state index in [1.807, 2.05) is 0 Å². The van der Waals surface area contributed by atoms with Gasteiger partial charge in [0.05, 0.1) is 10.6 Å². The van der Waals surface area contributed by atoms with Crippen LogP contribution in [0.1, 0.15) is 0 Å². The van der Waals surface area contributed by atoms with Crippen molar-refractivity contribution in [3.05, 3.63) is 29.0 Å². The first-order chi connectivity index (χ1) is 7.09. The van der Waals surface area contributed by atoms with E-state index in [-0.39, 0.29) is 22.2 Å². The first-order valence-electron chi connectivity index (χ1n) is 3.99. The Kier molecular flexibility index (Phi) is 2.24. The van der Waals surface area contributed by atoms with Crippen LogP contribution in [0.3, 0.4) is 0 Å². The molecule has 0 amide bonds. The molecule has 0 unspecified atom stereocenters. The fourth-order valence-corrected chi connectivity index (χ4v) is 1.43. The molecule has 0 atom stereocenters. The van der Waals surface area contributed by atoms with Gasteiger partial charge in [-0.15, -0.1) is 0 Å². The number of nitrogen functional groups attached to an aromatic ring is 1. The van der Waals surface area contributed by atoms with Crippen LogP contribution in [-0.2, 0) is 0 Å². The molecule has 0 spiro atoms. The molecule has 6 heteroatoms. The molecule has 1 aromatic carbocycles. The van der Waals surface area contributed by atoms with Crippen molar-refractivity contribution < 1.29 is 14.0 Å². The van der Waals surface area contributed by atoms with Crippen molar-refractivity contribution in [1.29, 1.82) is 0 Å². The minimum atomic E-state index is -0.788. The van der Waals surface area contributed by atoms with Gasteiger partial charge in [-0.05, 0) is 12.1 Å². The summed E-state index contributed by atoms with van der Waals surface area (Å²) in [6.45, 7) is 0. The summed E-state index contributed by atoms with van der Waals surface area (Å²) in [4.78, 5) is 0. The summed E-state index contributed by atoms with van der Waals surface area (Å²) >= 11 is 5.79. The highest BCUT2D eigenvalue weighted by Crippen LogP contribution is 2.37. The Bertz CT molecular complexity index is 513. The van der Waals surface area contributed by atoms with Crippen LogP contribution in [-0.4, -0.2) is 10.3 Å². The molecule has 2 rings (SSSR count). The van der Waals surface area contributed by atoms with Gasteiger partial charge in [-0.25, -0.2) is 4.39 Å². The standard InChI is InChI=1S/C9H6ClFN2O2/c10-4-1-2-5(11)9(14)8(4)6-3-7(12)13-15-6/h1-3,14H,(H2,12,13). The molecule has 78 valence electrons. The lowest BCUT2D eigenvalue weighted by atomic mass is 10.1. The molecule has 4 nitrogen and oxygen atoms in total. The molecule has 0 aliphatic heterocycles. The normalized spacial score (nSPS) is 10.5. The SMILES string of the molecule is Nc1cc(-c2c(Cl)ccc(F)c2O)on1. The minimum absolute atomic E-state index is 0.0425. The quantitative estimate of drug-likeness (QED) is 0.786. The molecule has 2 aromatic rings. The van der Waals surface area contributed by atoms with Crippen molar-refractivity contribution in [2.24, 2.45) is 0 Å². The van der Waals surface area contributed by atoms with Crippen LogP contribution >= 0.6 is 11.6 Å². The van der Waals surface area contributed by atoms with Crippen LogP contribution in [0.5, 0.6) is 5.75 Å². The summed E-state index contributed by atoms with van der Waals surface area (Å²) in [5.74, 6) is -1.12. The highest BCUT2D eigenvalue weighted by molar-refractivity contribution is 6.33. The van der Waals surface area contributed by atoms with E-state index in [1.165, 1.54) is 12.1 Å². The molecule has 0 aliphatic carbocycles. The van der Waals surface area contributed by atoms with E-state index < -0.39 is 11.6 Å². The maximum absolute atomic E-state index is 13.0. The predicted molar refractivity (Wildman–Crippen MR) is 53.0 cm³/mol. The summed E-state index contributed by atoms with van der Waals surface area (Å²) < 4.78 is 17.8. The van der Waals surface area contributed by atoms with Crippen molar-refractivity contribution in [2.45, 2.75) is 0 Å². The fraction of sp³-hybridized carbons (Fsp3) is 0. The van der Waals surface area contributed by atoms with E-state index in [0.717, 1.165) is 6.07 Å². The number of nitrogens with zero attached hydrogens (tertiary/aromatic N) is 1. The van der Waals surface area contributed by atoms with Gasteiger partial charge in [0.15, 0.2) is 23.1 Å². The van der Waals surface area contributed by atoms with E-state index in [9.17, 15) is 9.50 Å². The number of aromatic hydroxyl groups is 1. The minimum Gasteiger partial charge on any atom is -0.504 e. The summed E-state index contributed by atoms with van der Waals surface area (Å²) in [6, 6.07) is 3.71. The predicted octanol–water partition coefficient (Wildman–Crippen LogP) is 2.42. The summed E-state index contributed by atoms with van der Waals surface area (Å²) in [5, 5.41) is 13.0. The molecule has 15 heavy (non-hydrogen) atoms. The van der Waals surface area contributed by atoms with Crippen molar-refractivity contribution in [1.82, 2.24) is 5.16 Å². The fourth-order valence-electron chi connectivity index (χ4n) is 1.18. The number of phenols is 1. The highest BCUT2D eigenvalue weighted by atomic mass is 35.5. The lowest BCUT2D eigenvalue weighted by Gasteiger charge is -2.03. The molecule has 1 aromatic heterocycles. The first-order valence-corrected chi connectivity index (χ1v) is 4.37. The van der Waals surface area contributed by atoms with Crippen molar-refractivity contribution in [2.75, 3.05) is 5.73 Å². The number of aromatic nitrogens is 1. The van der Waals surface area contributed by atoms with Gasteiger partial charge in [0.1, 0.15) is 0 Å². The Morgan fingerprint density at radius 1 is 1.47 bits per heavy atom. The van der Waals surface area contributed by atoms with Crippen molar-refractivity contribution in [3.8, 4) is 17.1 Å². The number of halogens is 2. The lowest BCUT2D eigenvalue weighted by Crippen LogP contribution is -1.83. The Labute approximate surface area is 89.1 Å². The average molecular weight is 229 g/mol. The third-order valence-corrected chi connectivity index (χ3v) is 2.17. The molecule has 0 saturated heterocycles. The maximum Gasteiger partial charge on any atom is 0.174 e. The zero-order valence-corrected chi connectivity index (χ0v) is 8.12. The number of hydrogen-bond donors (Lipinski definition) is 2.